The number of halogens is 1. The molecule has 0 aromatic heterocycles. The fourth-order valence-electron chi connectivity index (χ4n) is 4.19. The minimum absolute atomic E-state index is 0.150. The van der Waals surface area contributed by atoms with E-state index in [1.54, 1.807) is 36.4 Å². The molecule has 3 aromatic carbocycles. The van der Waals surface area contributed by atoms with E-state index in [1.807, 2.05) is 63.2 Å². The fourth-order valence-corrected chi connectivity index (χ4v) is 6.26. The van der Waals surface area contributed by atoms with Gasteiger partial charge in [0.15, 0.2) is 5.78 Å². The summed E-state index contributed by atoms with van der Waals surface area (Å²) in [5.41, 5.74) is 3.85. The molecule has 1 aliphatic heterocycles. The Balaban J connectivity index is 1.86. The quantitative estimate of drug-likeness (QED) is 0.351. The summed E-state index contributed by atoms with van der Waals surface area (Å²) in [5.74, 6) is -0.150. The molecule has 6 heteroatoms. The summed E-state index contributed by atoms with van der Waals surface area (Å²) in [4.78, 5) is 13.9. The van der Waals surface area contributed by atoms with Gasteiger partial charge >= 0.3 is 0 Å². The summed E-state index contributed by atoms with van der Waals surface area (Å²) < 4.78 is 30.2. The molecular formula is C27H26BrNO3S. The van der Waals surface area contributed by atoms with Crippen LogP contribution in [0.25, 0.3) is 0 Å². The second kappa shape index (κ2) is 9.37. The molecule has 0 saturated carbocycles. The Morgan fingerprint density at radius 2 is 1.42 bits per heavy atom. The van der Waals surface area contributed by atoms with Gasteiger partial charge in [0.1, 0.15) is 0 Å². The first-order valence-electron chi connectivity index (χ1n) is 10.9. The molecule has 0 saturated heterocycles. The smallest absolute Gasteiger partial charge is 0.244 e. The molecule has 0 spiro atoms. The third-order valence-corrected chi connectivity index (χ3v) is 8.46. The third kappa shape index (κ3) is 4.60. The van der Waals surface area contributed by atoms with Crippen molar-refractivity contribution in [1.82, 2.24) is 4.31 Å². The maximum absolute atomic E-state index is 13.9. The standard InChI is InChI=1S/C27H26BrNO3S/c1-4-23-17-25(27(30)21-9-5-18(2)6-10-21)26(20-11-13-22(28)14-12-20)29(23)33(31,32)24-15-7-19(3)8-16-24/h5-17,23,26H,4H2,1-3H3/t23-,26+/m1/s1. The van der Waals surface area contributed by atoms with Gasteiger partial charge in [-0.15, -0.1) is 0 Å². The number of rotatable bonds is 6. The second-order valence-corrected chi connectivity index (χ2v) is 11.2. The Morgan fingerprint density at radius 3 is 1.97 bits per heavy atom. The van der Waals surface area contributed by atoms with Crippen LogP contribution >= 0.6 is 15.9 Å². The first kappa shape index (κ1) is 23.6. The predicted molar refractivity (Wildman–Crippen MR) is 135 cm³/mol. The minimum atomic E-state index is -3.86. The van der Waals surface area contributed by atoms with Gasteiger partial charge in [0.25, 0.3) is 0 Å². The zero-order valence-corrected chi connectivity index (χ0v) is 21.2. The number of carbonyl (C=O) groups excluding carboxylic acids is 1. The number of ketones is 1. The summed E-state index contributed by atoms with van der Waals surface area (Å²) in [5, 5.41) is 0. The molecule has 3 aromatic rings. The van der Waals surface area contributed by atoms with Crippen molar-refractivity contribution in [1.29, 1.82) is 0 Å². The lowest BCUT2D eigenvalue weighted by atomic mass is 9.93. The summed E-state index contributed by atoms with van der Waals surface area (Å²) in [6, 6.07) is 20.6. The van der Waals surface area contributed by atoms with Crippen LogP contribution in [0.2, 0.25) is 0 Å². The van der Waals surface area contributed by atoms with Crippen molar-refractivity contribution in [2.24, 2.45) is 0 Å². The highest BCUT2D eigenvalue weighted by Crippen LogP contribution is 2.43. The molecule has 0 unspecified atom stereocenters. The Labute approximate surface area is 204 Å². The number of Topliss-reactive ketones (excluding diaryl/α,β-unsaturated/α-hetero) is 1. The maximum Gasteiger partial charge on any atom is 0.244 e. The van der Waals surface area contributed by atoms with Gasteiger partial charge in [-0.1, -0.05) is 88.6 Å². The van der Waals surface area contributed by atoms with Gasteiger partial charge in [-0.05, 0) is 50.1 Å². The predicted octanol–water partition coefficient (Wildman–Crippen LogP) is 6.40. The van der Waals surface area contributed by atoms with Gasteiger partial charge in [0.05, 0.1) is 10.9 Å². The van der Waals surface area contributed by atoms with E-state index in [-0.39, 0.29) is 10.7 Å². The second-order valence-electron chi connectivity index (χ2n) is 8.39. The van der Waals surface area contributed by atoms with Gasteiger partial charge in [0, 0.05) is 21.7 Å². The van der Waals surface area contributed by atoms with Crippen molar-refractivity contribution in [3.63, 3.8) is 0 Å². The van der Waals surface area contributed by atoms with Crippen LogP contribution in [0.15, 0.2) is 93.8 Å². The Hall–Kier alpha value is -2.54. The van der Waals surface area contributed by atoms with Crippen molar-refractivity contribution in [3.05, 3.63) is 111 Å². The highest BCUT2D eigenvalue weighted by atomic mass is 79.9. The summed E-state index contributed by atoms with van der Waals surface area (Å²) in [6.07, 6.45) is 2.39. The molecule has 0 bridgehead atoms. The lowest BCUT2D eigenvalue weighted by Gasteiger charge is -2.31. The summed E-state index contributed by atoms with van der Waals surface area (Å²) >= 11 is 3.45. The molecule has 0 radical (unpaired) electrons. The molecule has 0 aliphatic carbocycles. The van der Waals surface area contributed by atoms with Crippen LogP contribution in [0, 0.1) is 13.8 Å². The maximum atomic E-state index is 13.9. The zero-order chi connectivity index (χ0) is 23.8. The molecule has 1 heterocycles. The summed E-state index contributed by atoms with van der Waals surface area (Å²) in [6.45, 7) is 5.83. The van der Waals surface area contributed by atoms with E-state index in [4.69, 9.17) is 0 Å². The van der Waals surface area contributed by atoms with Crippen molar-refractivity contribution < 1.29 is 13.2 Å². The van der Waals surface area contributed by atoms with Crippen LogP contribution in [0.4, 0.5) is 0 Å². The average molecular weight is 524 g/mol. The van der Waals surface area contributed by atoms with Crippen molar-refractivity contribution in [2.75, 3.05) is 0 Å². The Morgan fingerprint density at radius 1 is 0.879 bits per heavy atom. The Bertz CT molecular complexity index is 1290. The molecule has 2 atom stereocenters. The molecular weight excluding hydrogens is 498 g/mol. The van der Waals surface area contributed by atoms with Crippen LogP contribution in [0.3, 0.4) is 0 Å². The van der Waals surface area contributed by atoms with E-state index < -0.39 is 22.1 Å². The number of nitrogens with zero attached hydrogens (tertiary/aromatic N) is 1. The molecule has 1 aliphatic rings. The third-order valence-electron chi connectivity index (χ3n) is 6.02. The number of hydrogen-bond donors (Lipinski definition) is 0. The lowest BCUT2D eigenvalue weighted by Crippen LogP contribution is -2.38. The monoisotopic (exact) mass is 523 g/mol. The van der Waals surface area contributed by atoms with Crippen LogP contribution < -0.4 is 0 Å². The topological polar surface area (TPSA) is 54.5 Å². The van der Waals surface area contributed by atoms with Gasteiger partial charge in [-0.3, -0.25) is 4.79 Å². The van der Waals surface area contributed by atoms with Gasteiger partial charge in [-0.25, -0.2) is 8.42 Å². The van der Waals surface area contributed by atoms with E-state index in [9.17, 15) is 13.2 Å². The Kier molecular flexibility index (Phi) is 6.71. The van der Waals surface area contributed by atoms with Crippen molar-refractivity contribution >= 4 is 31.7 Å². The fraction of sp³-hybridized carbons (Fsp3) is 0.222. The molecule has 0 N–H and O–H groups in total. The SMILES string of the molecule is CC[C@@H]1C=C(C(=O)c2ccc(C)cc2)[C@H](c2ccc(Br)cc2)N1S(=O)(=O)c1ccc(C)cc1. The minimum Gasteiger partial charge on any atom is -0.289 e. The van der Waals surface area contributed by atoms with E-state index in [2.05, 4.69) is 15.9 Å². The lowest BCUT2D eigenvalue weighted by molar-refractivity contribution is 0.102. The molecule has 33 heavy (non-hydrogen) atoms. The number of sulfonamides is 1. The number of hydrogen-bond acceptors (Lipinski definition) is 3. The number of carbonyl (C=O) groups is 1. The van der Waals surface area contributed by atoms with E-state index in [0.29, 0.717) is 17.6 Å². The largest absolute Gasteiger partial charge is 0.289 e. The molecule has 0 amide bonds. The van der Waals surface area contributed by atoms with E-state index in [1.165, 1.54) is 4.31 Å². The molecule has 170 valence electrons. The average Bonchev–Trinajstić information content (AvgIpc) is 3.20. The highest BCUT2D eigenvalue weighted by molar-refractivity contribution is 9.10. The van der Waals surface area contributed by atoms with Crippen LogP contribution in [0.1, 0.15) is 46.4 Å². The normalized spacial score (nSPS) is 18.8. The van der Waals surface area contributed by atoms with Gasteiger partial charge < -0.3 is 0 Å². The first-order chi connectivity index (χ1) is 15.7. The van der Waals surface area contributed by atoms with Gasteiger partial charge in [0.2, 0.25) is 10.0 Å². The molecule has 4 nitrogen and oxygen atoms in total. The summed E-state index contributed by atoms with van der Waals surface area (Å²) in [7, 11) is -3.86. The van der Waals surface area contributed by atoms with Crippen LogP contribution in [-0.2, 0) is 10.0 Å². The van der Waals surface area contributed by atoms with Crippen molar-refractivity contribution in [3.8, 4) is 0 Å². The molecule has 0 fully saturated rings. The first-order valence-corrected chi connectivity index (χ1v) is 13.1. The van der Waals surface area contributed by atoms with Crippen molar-refractivity contribution in [2.45, 2.75) is 44.2 Å². The van der Waals surface area contributed by atoms with Crippen LogP contribution in [-0.4, -0.2) is 24.5 Å². The highest BCUT2D eigenvalue weighted by Gasteiger charge is 2.45. The molecule has 4 rings (SSSR count). The van der Waals surface area contributed by atoms with Crippen LogP contribution in [0.5, 0.6) is 0 Å². The zero-order valence-electron chi connectivity index (χ0n) is 18.8. The van der Waals surface area contributed by atoms with E-state index >= 15 is 0 Å². The van der Waals surface area contributed by atoms with Gasteiger partial charge in [-0.2, -0.15) is 4.31 Å². The van der Waals surface area contributed by atoms with E-state index in [0.717, 1.165) is 21.2 Å². The number of benzene rings is 3. The number of aryl methyl sites for hydroxylation is 2.